The second-order valence-electron chi connectivity index (χ2n) is 7.41. The molecule has 2 N–H and O–H groups in total. The molecular weight excluding hydrogens is 420 g/mol. The molecule has 0 saturated heterocycles. The van der Waals surface area contributed by atoms with Crippen LogP contribution in [0.1, 0.15) is 39.3 Å². The number of nitrogens with one attached hydrogen (secondary N) is 2. The van der Waals surface area contributed by atoms with Crippen LogP contribution in [0.5, 0.6) is 23.0 Å². The summed E-state index contributed by atoms with van der Waals surface area (Å²) in [6, 6.07) is 9.14. The van der Waals surface area contributed by atoms with Crippen molar-refractivity contribution in [2.75, 3.05) is 31.9 Å². The van der Waals surface area contributed by atoms with Crippen molar-refractivity contribution in [3.63, 3.8) is 0 Å². The van der Waals surface area contributed by atoms with Crippen LogP contribution >= 0.6 is 11.6 Å². The van der Waals surface area contributed by atoms with Gasteiger partial charge >= 0.3 is 0 Å². The van der Waals surface area contributed by atoms with Crippen molar-refractivity contribution in [2.45, 2.75) is 33.7 Å². The van der Waals surface area contributed by atoms with Crippen molar-refractivity contribution >= 4 is 23.2 Å². The van der Waals surface area contributed by atoms with Gasteiger partial charge in [-0.15, -0.1) is 0 Å². The van der Waals surface area contributed by atoms with E-state index in [1.54, 1.807) is 12.1 Å². The number of benzene rings is 2. The Morgan fingerprint density at radius 1 is 1.06 bits per heavy atom. The zero-order valence-corrected chi connectivity index (χ0v) is 19.0. The van der Waals surface area contributed by atoms with Gasteiger partial charge in [0.15, 0.2) is 23.0 Å². The quantitative estimate of drug-likeness (QED) is 0.544. The molecule has 168 valence electrons. The molecule has 2 aromatic rings. The molecule has 0 radical (unpaired) electrons. The molecule has 1 atom stereocenters. The van der Waals surface area contributed by atoms with Crippen molar-refractivity contribution in [1.82, 2.24) is 5.32 Å². The molecule has 0 aliphatic carbocycles. The van der Waals surface area contributed by atoms with Crippen molar-refractivity contribution in [1.29, 1.82) is 0 Å². The molecule has 0 saturated carbocycles. The Balaban J connectivity index is 1.68. The van der Waals surface area contributed by atoms with Crippen LogP contribution in [0.2, 0.25) is 5.02 Å². The highest BCUT2D eigenvalue weighted by atomic mass is 35.5. The van der Waals surface area contributed by atoms with E-state index < -0.39 is 0 Å². The molecule has 31 heavy (non-hydrogen) atoms. The van der Waals surface area contributed by atoms with Gasteiger partial charge in [0.1, 0.15) is 0 Å². The molecular formula is C23H29ClN2O5. The molecule has 0 aromatic heterocycles. The van der Waals surface area contributed by atoms with E-state index in [4.69, 9.17) is 30.5 Å². The van der Waals surface area contributed by atoms with E-state index >= 15 is 0 Å². The Bertz CT molecular complexity index is 919. The first-order chi connectivity index (χ1) is 14.9. The average Bonchev–Trinajstić information content (AvgIpc) is 3.17. The van der Waals surface area contributed by atoms with Gasteiger partial charge in [-0.1, -0.05) is 31.5 Å². The molecule has 1 heterocycles. The van der Waals surface area contributed by atoms with Crippen molar-refractivity contribution in [3.8, 4) is 23.0 Å². The topological polar surface area (TPSA) is 78.1 Å². The summed E-state index contributed by atoms with van der Waals surface area (Å²) in [5.41, 5.74) is 1.51. The first-order valence-electron chi connectivity index (χ1n) is 10.4. The van der Waals surface area contributed by atoms with E-state index in [1.165, 1.54) is 0 Å². The fourth-order valence-electron chi connectivity index (χ4n) is 3.41. The van der Waals surface area contributed by atoms with Crippen LogP contribution < -0.4 is 29.6 Å². The fraction of sp³-hybridized carbons (Fsp3) is 0.435. The Morgan fingerprint density at radius 2 is 1.74 bits per heavy atom. The van der Waals surface area contributed by atoms with Gasteiger partial charge in [0.2, 0.25) is 12.7 Å². The number of anilines is 1. The number of ether oxygens (including phenoxy) is 4. The van der Waals surface area contributed by atoms with Crippen molar-refractivity contribution in [3.05, 3.63) is 40.9 Å². The summed E-state index contributed by atoms with van der Waals surface area (Å²) in [6.07, 6.45) is 0. The van der Waals surface area contributed by atoms with Gasteiger partial charge in [0.25, 0.3) is 0 Å². The van der Waals surface area contributed by atoms with Gasteiger partial charge in [-0.3, -0.25) is 4.79 Å². The minimum atomic E-state index is -0.206. The maximum atomic E-state index is 12.6. The second-order valence-corrected chi connectivity index (χ2v) is 7.82. The monoisotopic (exact) mass is 448 g/mol. The number of halogens is 1. The number of hydrogen-bond acceptors (Lipinski definition) is 6. The zero-order valence-electron chi connectivity index (χ0n) is 18.3. The van der Waals surface area contributed by atoms with Crippen molar-refractivity contribution in [2.24, 2.45) is 5.92 Å². The molecule has 3 rings (SSSR count). The molecule has 1 amide bonds. The molecule has 8 heteroatoms. The molecule has 0 fully saturated rings. The van der Waals surface area contributed by atoms with Crippen molar-refractivity contribution < 1.29 is 23.7 Å². The summed E-state index contributed by atoms with van der Waals surface area (Å²) in [4.78, 5) is 12.6. The number of hydrogen-bond donors (Lipinski definition) is 2. The summed E-state index contributed by atoms with van der Waals surface area (Å²) >= 11 is 6.25. The SMILES string of the molecule is CCOc1ccc([C@H](NCC(=O)Nc2cc3c(cc2Cl)OCO3)C(C)C)cc1OCC. The largest absolute Gasteiger partial charge is 0.490 e. The van der Waals surface area contributed by atoms with Crippen LogP contribution in [-0.2, 0) is 4.79 Å². The third-order valence-electron chi connectivity index (χ3n) is 4.81. The molecule has 0 bridgehead atoms. The molecule has 0 unspecified atom stereocenters. The zero-order chi connectivity index (χ0) is 22.4. The lowest BCUT2D eigenvalue weighted by Gasteiger charge is -2.24. The highest BCUT2D eigenvalue weighted by Crippen LogP contribution is 2.39. The normalized spacial score (nSPS) is 13.2. The second kappa shape index (κ2) is 10.6. The van der Waals surface area contributed by atoms with Gasteiger partial charge in [0, 0.05) is 18.2 Å². The third kappa shape index (κ3) is 5.74. The van der Waals surface area contributed by atoms with Crippen LogP contribution in [0.25, 0.3) is 0 Å². The van der Waals surface area contributed by atoms with E-state index in [0.29, 0.717) is 46.9 Å². The summed E-state index contributed by atoms with van der Waals surface area (Å²) < 4.78 is 22.0. The predicted octanol–water partition coefficient (Wildman–Crippen LogP) is 4.79. The summed E-state index contributed by atoms with van der Waals surface area (Å²) in [7, 11) is 0. The average molecular weight is 449 g/mol. The number of carbonyl (C=O) groups excluding carboxylic acids is 1. The van der Waals surface area contributed by atoms with E-state index in [-0.39, 0.29) is 31.2 Å². The van der Waals surface area contributed by atoms with E-state index in [2.05, 4.69) is 24.5 Å². The van der Waals surface area contributed by atoms with E-state index in [1.807, 2.05) is 32.0 Å². The van der Waals surface area contributed by atoms with E-state index in [0.717, 1.165) is 5.56 Å². The lowest BCUT2D eigenvalue weighted by molar-refractivity contribution is -0.115. The standard InChI is InChI=1S/C23H29ClN2O5/c1-5-28-18-8-7-15(9-19(18)29-6-2)23(14(3)4)25-12-22(27)26-17-11-21-20(10-16(17)24)30-13-31-21/h7-11,14,23,25H,5-6,12-13H2,1-4H3,(H,26,27)/t23-/m1/s1. The maximum Gasteiger partial charge on any atom is 0.238 e. The first-order valence-corrected chi connectivity index (χ1v) is 10.8. The summed E-state index contributed by atoms with van der Waals surface area (Å²) in [5.74, 6) is 2.58. The fourth-order valence-corrected chi connectivity index (χ4v) is 3.61. The third-order valence-corrected chi connectivity index (χ3v) is 5.12. The van der Waals surface area contributed by atoms with Gasteiger partial charge in [-0.2, -0.15) is 0 Å². The predicted molar refractivity (Wildman–Crippen MR) is 121 cm³/mol. The number of carbonyl (C=O) groups is 1. The Hall–Kier alpha value is -2.64. The van der Waals surface area contributed by atoms with Crippen LogP contribution in [0.15, 0.2) is 30.3 Å². The van der Waals surface area contributed by atoms with E-state index in [9.17, 15) is 4.79 Å². The minimum absolute atomic E-state index is 0.0483. The Morgan fingerprint density at radius 3 is 2.42 bits per heavy atom. The molecule has 1 aliphatic heterocycles. The number of rotatable bonds is 10. The molecule has 7 nitrogen and oxygen atoms in total. The summed E-state index contributed by atoms with van der Waals surface area (Å²) in [6.45, 7) is 9.44. The van der Waals surface area contributed by atoms with Crippen LogP contribution in [0, 0.1) is 5.92 Å². The van der Waals surface area contributed by atoms with Crippen LogP contribution in [-0.4, -0.2) is 32.5 Å². The maximum absolute atomic E-state index is 12.6. The highest BCUT2D eigenvalue weighted by molar-refractivity contribution is 6.34. The number of fused-ring (bicyclic) bond motifs is 1. The Kier molecular flexibility index (Phi) is 7.87. The lowest BCUT2D eigenvalue weighted by atomic mass is 9.95. The van der Waals surface area contributed by atoms with Gasteiger partial charge in [-0.05, 0) is 37.5 Å². The summed E-state index contributed by atoms with van der Waals surface area (Å²) in [5, 5.41) is 6.56. The molecule has 0 spiro atoms. The van der Waals surface area contributed by atoms with Gasteiger partial charge in [0.05, 0.1) is 30.5 Å². The Labute approximate surface area is 188 Å². The smallest absolute Gasteiger partial charge is 0.238 e. The van der Waals surface area contributed by atoms with Gasteiger partial charge < -0.3 is 29.6 Å². The minimum Gasteiger partial charge on any atom is -0.490 e. The molecule has 2 aromatic carbocycles. The van der Waals surface area contributed by atoms with Crippen LogP contribution in [0.3, 0.4) is 0 Å². The van der Waals surface area contributed by atoms with Gasteiger partial charge in [-0.25, -0.2) is 0 Å². The lowest BCUT2D eigenvalue weighted by Crippen LogP contribution is -2.33. The van der Waals surface area contributed by atoms with Crippen LogP contribution in [0.4, 0.5) is 5.69 Å². The highest BCUT2D eigenvalue weighted by Gasteiger charge is 2.21. The first kappa shape index (κ1) is 23.0. The number of amides is 1. The molecule has 1 aliphatic rings.